The Morgan fingerprint density at radius 2 is 1.88 bits per heavy atom. The molecule has 3 amide bonds. The molecule has 34 heavy (non-hydrogen) atoms. The number of aromatic nitrogens is 2. The van der Waals surface area contributed by atoms with Crippen molar-refractivity contribution in [2.45, 2.75) is 26.4 Å². The quantitative estimate of drug-likeness (QED) is 0.606. The van der Waals surface area contributed by atoms with Gasteiger partial charge in [-0.05, 0) is 36.2 Å². The number of nitrogens with zero attached hydrogens (tertiary/aromatic N) is 5. The summed E-state index contributed by atoms with van der Waals surface area (Å²) in [6, 6.07) is 9.62. The zero-order valence-corrected chi connectivity index (χ0v) is 19.7. The minimum atomic E-state index is -0.332. The maximum atomic E-state index is 13.5. The molecular formula is C25H30N6O3. The first-order valence-corrected chi connectivity index (χ1v) is 11.7. The molecule has 2 fully saturated rings. The van der Waals surface area contributed by atoms with E-state index in [0.717, 1.165) is 55.1 Å². The van der Waals surface area contributed by atoms with Gasteiger partial charge in [0.2, 0.25) is 5.91 Å². The monoisotopic (exact) mass is 462 g/mol. The Hall–Kier alpha value is -3.43. The first kappa shape index (κ1) is 22.4. The number of anilines is 1. The maximum absolute atomic E-state index is 13.5. The van der Waals surface area contributed by atoms with Crippen LogP contribution in [0.15, 0.2) is 42.7 Å². The minimum Gasteiger partial charge on any atom is -0.496 e. The minimum absolute atomic E-state index is 0.172. The Bertz CT molecular complexity index is 1220. The molecule has 4 heterocycles. The van der Waals surface area contributed by atoms with Gasteiger partial charge in [0.05, 0.1) is 31.1 Å². The zero-order chi connectivity index (χ0) is 23.7. The van der Waals surface area contributed by atoms with Crippen LogP contribution < -0.4 is 15.0 Å². The molecular weight excluding hydrogens is 432 g/mol. The number of piperazine rings is 1. The molecule has 9 heteroatoms. The van der Waals surface area contributed by atoms with E-state index in [1.54, 1.807) is 22.7 Å². The summed E-state index contributed by atoms with van der Waals surface area (Å²) in [7, 11) is 1.60. The number of carbonyl (C=O) groups excluding carboxylic acids is 2. The van der Waals surface area contributed by atoms with Crippen LogP contribution >= 0.6 is 0 Å². The van der Waals surface area contributed by atoms with E-state index < -0.39 is 0 Å². The summed E-state index contributed by atoms with van der Waals surface area (Å²) in [4.78, 5) is 31.6. The average Bonchev–Trinajstić information content (AvgIpc) is 3.26. The van der Waals surface area contributed by atoms with Crippen LogP contribution in [0.25, 0.3) is 5.52 Å². The van der Waals surface area contributed by atoms with Crippen LogP contribution in [0.1, 0.15) is 23.1 Å². The number of ether oxygens (including phenoxy) is 1. The van der Waals surface area contributed by atoms with Crippen molar-refractivity contribution in [2.24, 2.45) is 0 Å². The molecule has 0 saturated carbocycles. The largest absolute Gasteiger partial charge is 0.496 e. The molecule has 0 radical (unpaired) electrons. The number of imide groups is 1. The van der Waals surface area contributed by atoms with Crippen LogP contribution in [-0.4, -0.2) is 71.2 Å². The third-order valence-electron chi connectivity index (χ3n) is 6.56. The van der Waals surface area contributed by atoms with E-state index in [9.17, 15) is 9.59 Å². The van der Waals surface area contributed by atoms with Crippen LogP contribution in [-0.2, 0) is 17.9 Å². The second-order valence-electron chi connectivity index (χ2n) is 8.90. The number of nitrogens with one attached hydrogen (secondary N) is 1. The van der Waals surface area contributed by atoms with Gasteiger partial charge in [0.15, 0.2) is 0 Å². The number of hydrogen-bond donors (Lipinski definition) is 1. The Morgan fingerprint density at radius 3 is 2.68 bits per heavy atom. The van der Waals surface area contributed by atoms with Crippen LogP contribution in [0, 0.1) is 6.92 Å². The molecule has 1 aromatic carbocycles. The number of fused-ring (bicyclic) bond motifs is 1. The highest BCUT2D eigenvalue weighted by molar-refractivity contribution is 6.07. The zero-order valence-electron chi connectivity index (χ0n) is 19.7. The second-order valence-corrected chi connectivity index (χ2v) is 8.90. The van der Waals surface area contributed by atoms with E-state index in [1.165, 1.54) is 10.5 Å². The summed E-state index contributed by atoms with van der Waals surface area (Å²) in [5.41, 5.74) is 4.62. The lowest BCUT2D eigenvalue weighted by Gasteiger charge is -2.34. The number of benzene rings is 1. The number of aryl methyl sites for hydroxylation is 1. The van der Waals surface area contributed by atoms with E-state index in [1.807, 2.05) is 31.3 Å². The first-order chi connectivity index (χ1) is 16.5. The Kier molecular flexibility index (Phi) is 6.21. The van der Waals surface area contributed by atoms with Gasteiger partial charge in [-0.1, -0.05) is 12.1 Å². The van der Waals surface area contributed by atoms with Gasteiger partial charge in [-0.3, -0.25) is 19.5 Å². The maximum Gasteiger partial charge on any atom is 0.331 e. The van der Waals surface area contributed by atoms with Gasteiger partial charge in [0.25, 0.3) is 0 Å². The predicted octanol–water partition coefficient (Wildman–Crippen LogP) is 2.42. The van der Waals surface area contributed by atoms with Crippen molar-refractivity contribution in [3.63, 3.8) is 0 Å². The van der Waals surface area contributed by atoms with Gasteiger partial charge in [-0.15, -0.1) is 0 Å². The van der Waals surface area contributed by atoms with Crippen LogP contribution in [0.5, 0.6) is 5.75 Å². The van der Waals surface area contributed by atoms with E-state index in [4.69, 9.17) is 4.74 Å². The molecule has 2 aromatic heterocycles. The molecule has 2 aliphatic rings. The Labute approximate surface area is 198 Å². The summed E-state index contributed by atoms with van der Waals surface area (Å²) in [5, 5.41) is 7.83. The van der Waals surface area contributed by atoms with E-state index in [2.05, 4.69) is 27.4 Å². The van der Waals surface area contributed by atoms with Crippen LogP contribution in [0.3, 0.4) is 0 Å². The first-order valence-electron chi connectivity index (χ1n) is 11.7. The molecule has 2 aliphatic heterocycles. The normalized spacial score (nSPS) is 17.6. The highest BCUT2D eigenvalue weighted by atomic mass is 16.5. The van der Waals surface area contributed by atoms with Crippen LogP contribution in [0.2, 0.25) is 0 Å². The lowest BCUT2D eigenvalue weighted by Crippen LogP contribution is -2.52. The predicted molar refractivity (Wildman–Crippen MR) is 129 cm³/mol. The highest BCUT2D eigenvalue weighted by Gasteiger charge is 2.34. The molecule has 0 atom stereocenters. The Balaban J connectivity index is 1.40. The van der Waals surface area contributed by atoms with Gasteiger partial charge in [0.1, 0.15) is 5.75 Å². The lowest BCUT2D eigenvalue weighted by molar-refractivity contribution is -0.129. The summed E-state index contributed by atoms with van der Waals surface area (Å²) in [5.74, 6) is 0.492. The number of pyridine rings is 1. The summed E-state index contributed by atoms with van der Waals surface area (Å²) in [6.45, 7) is 7.37. The average molecular weight is 463 g/mol. The fourth-order valence-electron chi connectivity index (χ4n) is 4.67. The van der Waals surface area contributed by atoms with E-state index in [0.29, 0.717) is 12.3 Å². The summed E-state index contributed by atoms with van der Waals surface area (Å²) < 4.78 is 7.27. The molecule has 9 nitrogen and oxygen atoms in total. The molecule has 5 rings (SSSR count). The number of carbonyl (C=O) groups is 2. The van der Waals surface area contributed by atoms with Crippen molar-refractivity contribution in [1.29, 1.82) is 0 Å². The highest BCUT2D eigenvalue weighted by Crippen LogP contribution is 2.29. The van der Waals surface area contributed by atoms with Crippen LogP contribution in [0.4, 0.5) is 10.5 Å². The van der Waals surface area contributed by atoms with Gasteiger partial charge in [-0.2, -0.15) is 5.10 Å². The van der Waals surface area contributed by atoms with E-state index in [-0.39, 0.29) is 24.9 Å². The number of hydrogen-bond acceptors (Lipinski definition) is 6. The van der Waals surface area contributed by atoms with Crippen molar-refractivity contribution < 1.29 is 14.3 Å². The van der Waals surface area contributed by atoms with Crippen molar-refractivity contribution in [1.82, 2.24) is 24.7 Å². The standard InChI is InChI=1S/C25H30N6O3/c1-18-3-4-20(23(13-18)34-2)17-30-24(32)6-9-29(25(30)33)22-15-27-31-10-5-19(14-21(22)31)16-28-11-7-26-8-12-28/h3-5,10,13-15,26H,6-9,11-12,16-17H2,1-2H3. The molecule has 0 spiro atoms. The van der Waals surface area contributed by atoms with Gasteiger partial charge in [0, 0.05) is 57.4 Å². The molecule has 0 unspecified atom stereocenters. The fraction of sp³-hybridized carbons (Fsp3) is 0.400. The smallest absolute Gasteiger partial charge is 0.331 e. The SMILES string of the molecule is COc1cc(C)ccc1CN1C(=O)CCN(c2cnn3ccc(CN4CCNCC4)cc23)C1=O. The Morgan fingerprint density at radius 1 is 1.06 bits per heavy atom. The number of amides is 3. The summed E-state index contributed by atoms with van der Waals surface area (Å²) >= 11 is 0. The lowest BCUT2D eigenvalue weighted by atomic mass is 10.1. The number of urea groups is 1. The molecule has 0 aliphatic carbocycles. The van der Waals surface area contributed by atoms with Crippen molar-refractivity contribution in [3.05, 3.63) is 59.4 Å². The van der Waals surface area contributed by atoms with Gasteiger partial charge < -0.3 is 10.1 Å². The van der Waals surface area contributed by atoms with Crippen molar-refractivity contribution in [2.75, 3.05) is 44.7 Å². The molecule has 0 bridgehead atoms. The van der Waals surface area contributed by atoms with Gasteiger partial charge in [-0.25, -0.2) is 9.31 Å². The molecule has 178 valence electrons. The summed E-state index contributed by atoms with van der Waals surface area (Å²) in [6.07, 6.45) is 3.91. The molecule has 1 N–H and O–H groups in total. The third-order valence-corrected chi connectivity index (χ3v) is 6.56. The fourth-order valence-corrected chi connectivity index (χ4v) is 4.67. The van der Waals surface area contributed by atoms with Crippen molar-refractivity contribution >= 4 is 23.1 Å². The van der Waals surface area contributed by atoms with E-state index >= 15 is 0 Å². The number of methoxy groups -OCH3 is 1. The number of rotatable bonds is 6. The third kappa shape index (κ3) is 4.36. The van der Waals surface area contributed by atoms with Crippen molar-refractivity contribution in [3.8, 4) is 5.75 Å². The topological polar surface area (TPSA) is 82.4 Å². The van der Waals surface area contributed by atoms with Gasteiger partial charge >= 0.3 is 6.03 Å². The molecule has 2 saturated heterocycles. The second kappa shape index (κ2) is 9.44. The molecule has 3 aromatic rings.